The molecule has 6 N–H and O–H groups in total. The maximum absolute atomic E-state index is 13.3. The monoisotopic (exact) mass is 916 g/mol. The van der Waals surface area contributed by atoms with E-state index in [-0.39, 0.29) is 19.4 Å². The van der Waals surface area contributed by atoms with Gasteiger partial charge >= 0.3 is 5.97 Å². The van der Waals surface area contributed by atoms with Gasteiger partial charge in [-0.1, -0.05) is 196 Å². The number of aliphatic hydroxyl groups excluding tert-OH is 5. The minimum Gasteiger partial charge on any atom is -0.454 e. The number of carbonyl (C=O) groups is 2. The number of aliphatic hydroxyl groups is 5. The predicted octanol–water partition coefficient (Wildman–Crippen LogP) is 10.5. The van der Waals surface area contributed by atoms with E-state index in [1.165, 1.54) is 70.6 Å². The van der Waals surface area contributed by atoms with Crippen LogP contribution in [0, 0.1) is 0 Å². The van der Waals surface area contributed by atoms with Crippen LogP contribution in [0.25, 0.3) is 0 Å². The van der Waals surface area contributed by atoms with Crippen molar-refractivity contribution in [3.8, 4) is 0 Å². The molecule has 11 nitrogen and oxygen atoms in total. The van der Waals surface area contributed by atoms with Crippen molar-refractivity contribution < 1.29 is 49.3 Å². The summed E-state index contributed by atoms with van der Waals surface area (Å²) in [6, 6.07) is -1.04. The Morgan fingerprint density at radius 1 is 0.615 bits per heavy atom. The first-order valence-electron chi connectivity index (χ1n) is 25.8. The Kier molecular flexibility index (Phi) is 39.3. The number of allylic oxidation sites excluding steroid dienone is 11. The molecule has 0 aromatic carbocycles. The molecule has 8 unspecified atom stereocenters. The zero-order valence-corrected chi connectivity index (χ0v) is 40.8. The van der Waals surface area contributed by atoms with Crippen LogP contribution in [0.4, 0.5) is 0 Å². The van der Waals surface area contributed by atoms with Gasteiger partial charge in [-0.2, -0.15) is 0 Å². The smallest absolute Gasteiger partial charge is 0.306 e. The second kappa shape index (κ2) is 42.5. The molecule has 65 heavy (non-hydrogen) atoms. The first kappa shape index (κ1) is 60.1. The Balaban J connectivity index is 2.83. The minimum atomic E-state index is -1.63. The Hall–Kier alpha value is -2.90. The summed E-state index contributed by atoms with van der Waals surface area (Å²) in [6.45, 7) is 5.53. The summed E-state index contributed by atoms with van der Waals surface area (Å²) in [7, 11) is 0. The average molecular weight is 916 g/mol. The Bertz CT molecular complexity index is 1330. The van der Waals surface area contributed by atoms with Crippen molar-refractivity contribution >= 4 is 11.9 Å². The average Bonchev–Trinajstić information content (AvgIpc) is 3.30. The van der Waals surface area contributed by atoms with E-state index in [4.69, 9.17) is 14.2 Å². The number of nitrogens with one attached hydrogen (secondary N) is 1. The van der Waals surface area contributed by atoms with E-state index >= 15 is 0 Å². The molecular formula is C54H93NO10. The fourth-order valence-electron chi connectivity index (χ4n) is 7.52. The molecule has 1 rings (SSSR count). The zero-order chi connectivity index (χ0) is 47.6. The molecular weight excluding hydrogens is 823 g/mol. The van der Waals surface area contributed by atoms with Gasteiger partial charge in [0.1, 0.15) is 24.4 Å². The van der Waals surface area contributed by atoms with Gasteiger partial charge in [0.05, 0.1) is 25.4 Å². The van der Waals surface area contributed by atoms with E-state index in [2.05, 4.69) is 50.4 Å². The lowest BCUT2D eigenvalue weighted by Gasteiger charge is -2.41. The number of amides is 1. The largest absolute Gasteiger partial charge is 0.454 e. The highest BCUT2D eigenvalue weighted by molar-refractivity contribution is 5.80. The number of esters is 1. The third-order valence-electron chi connectivity index (χ3n) is 11.7. The quantitative estimate of drug-likeness (QED) is 0.0150. The van der Waals surface area contributed by atoms with Crippen molar-refractivity contribution in [1.82, 2.24) is 5.32 Å². The first-order valence-corrected chi connectivity index (χ1v) is 25.8. The number of carbonyl (C=O) groups excluding carboxylic acids is 2. The molecule has 1 saturated heterocycles. The fraction of sp³-hybridized carbons (Fsp3) is 0.741. The van der Waals surface area contributed by atoms with Crippen molar-refractivity contribution in [3.63, 3.8) is 0 Å². The molecule has 1 aliphatic heterocycles. The van der Waals surface area contributed by atoms with E-state index in [1.807, 2.05) is 42.5 Å². The van der Waals surface area contributed by atoms with Gasteiger partial charge in [0.2, 0.25) is 5.91 Å². The van der Waals surface area contributed by atoms with Gasteiger partial charge in [0, 0.05) is 6.42 Å². The molecule has 0 spiro atoms. The van der Waals surface area contributed by atoms with E-state index in [0.29, 0.717) is 12.8 Å². The standard InChI is InChI=1S/C54H93NO10/c1-4-7-10-13-16-19-22-24-26-29-31-34-37-40-46(57)45(55-53(62)47(58)41-38-35-32-28-21-18-15-12-9-6-3)44-63-54-52(51(61)50(60)48(43-56)64-54)65-49(59)42-39-36-33-30-27-25-23-20-17-14-11-8-5-2/h8,11,14-15,17-18,20,23,25,27,37,40,45-48,50-52,54,56-58,60-61H,4-7,9-10,12-13,16,19,21-22,24,26,28-36,38-39,41-44H2,1-3H3,(H,55,62)/b11-8+,17-14+,18-15-,23-20-,27-25-,40-37+. The molecule has 1 fully saturated rings. The molecule has 0 aliphatic carbocycles. The lowest BCUT2D eigenvalue weighted by molar-refractivity contribution is -0.305. The van der Waals surface area contributed by atoms with E-state index in [9.17, 15) is 35.1 Å². The van der Waals surface area contributed by atoms with Crippen LogP contribution in [0.2, 0.25) is 0 Å². The maximum atomic E-state index is 13.3. The molecule has 0 aromatic rings. The highest BCUT2D eigenvalue weighted by Gasteiger charge is 2.47. The van der Waals surface area contributed by atoms with Crippen molar-refractivity contribution in [2.24, 2.45) is 0 Å². The van der Waals surface area contributed by atoms with Gasteiger partial charge in [-0.25, -0.2) is 0 Å². The van der Waals surface area contributed by atoms with Crippen LogP contribution in [0.1, 0.15) is 194 Å². The molecule has 0 radical (unpaired) electrons. The third-order valence-corrected chi connectivity index (χ3v) is 11.7. The van der Waals surface area contributed by atoms with Crippen LogP contribution in [-0.2, 0) is 23.8 Å². The van der Waals surface area contributed by atoms with Crippen LogP contribution in [-0.4, -0.2) is 99.6 Å². The van der Waals surface area contributed by atoms with Gasteiger partial charge in [-0.15, -0.1) is 0 Å². The van der Waals surface area contributed by atoms with E-state index in [1.54, 1.807) is 6.08 Å². The number of rotatable bonds is 41. The molecule has 11 heteroatoms. The number of hydrogen-bond donors (Lipinski definition) is 6. The molecule has 8 atom stereocenters. The molecule has 1 heterocycles. The Morgan fingerprint density at radius 2 is 1.14 bits per heavy atom. The van der Waals surface area contributed by atoms with Crippen molar-refractivity contribution in [2.45, 2.75) is 243 Å². The summed E-state index contributed by atoms with van der Waals surface area (Å²) in [5.41, 5.74) is 0. The fourth-order valence-corrected chi connectivity index (χ4v) is 7.52. The molecule has 0 bridgehead atoms. The van der Waals surface area contributed by atoms with Crippen molar-refractivity contribution in [1.29, 1.82) is 0 Å². The molecule has 374 valence electrons. The number of ether oxygens (including phenoxy) is 3. The topological polar surface area (TPSA) is 175 Å². The maximum Gasteiger partial charge on any atom is 0.306 e. The summed E-state index contributed by atoms with van der Waals surface area (Å²) in [4.78, 5) is 26.3. The van der Waals surface area contributed by atoms with Crippen LogP contribution in [0.5, 0.6) is 0 Å². The summed E-state index contributed by atoms with van der Waals surface area (Å²) < 4.78 is 17.4. The van der Waals surface area contributed by atoms with E-state index < -0.39 is 67.4 Å². The molecule has 1 amide bonds. The van der Waals surface area contributed by atoms with Crippen LogP contribution in [0.3, 0.4) is 0 Å². The van der Waals surface area contributed by atoms with Gasteiger partial charge in [-0.3, -0.25) is 9.59 Å². The second-order valence-electron chi connectivity index (χ2n) is 17.6. The van der Waals surface area contributed by atoms with E-state index in [0.717, 1.165) is 77.0 Å². The van der Waals surface area contributed by atoms with Crippen molar-refractivity contribution in [3.05, 3.63) is 72.9 Å². The van der Waals surface area contributed by atoms with Gasteiger partial charge in [0.15, 0.2) is 12.4 Å². The first-order chi connectivity index (χ1) is 31.7. The van der Waals surface area contributed by atoms with Gasteiger partial charge < -0.3 is 45.1 Å². The SMILES string of the molecule is CC/C=C/C=C/C=C\C=C/CCCCCC(=O)OC1C(OCC(NC(=O)C(O)CCCCCC/C=C\CCCC)C(O)/C=C/CCCCCCCCCCCCC)OC(CO)C(O)C1O. The summed E-state index contributed by atoms with van der Waals surface area (Å²) >= 11 is 0. The summed E-state index contributed by atoms with van der Waals surface area (Å²) in [5.74, 6) is -1.25. The normalized spacial score (nSPS) is 20.9. The highest BCUT2D eigenvalue weighted by atomic mass is 16.7. The van der Waals surface area contributed by atoms with Crippen molar-refractivity contribution in [2.75, 3.05) is 13.2 Å². The Morgan fingerprint density at radius 3 is 1.75 bits per heavy atom. The summed E-state index contributed by atoms with van der Waals surface area (Å²) in [5, 5.41) is 56.5. The second-order valence-corrected chi connectivity index (χ2v) is 17.6. The molecule has 0 saturated carbocycles. The summed E-state index contributed by atoms with van der Waals surface area (Å²) in [6.07, 6.45) is 41.1. The number of unbranched alkanes of at least 4 members (excludes halogenated alkanes) is 20. The van der Waals surface area contributed by atoms with Crippen LogP contribution >= 0.6 is 0 Å². The zero-order valence-electron chi connectivity index (χ0n) is 40.8. The molecule has 1 aliphatic rings. The predicted molar refractivity (Wildman–Crippen MR) is 264 cm³/mol. The Labute approximate surface area is 394 Å². The minimum absolute atomic E-state index is 0.0739. The van der Waals surface area contributed by atoms with Gasteiger partial charge in [0.25, 0.3) is 0 Å². The lowest BCUT2D eigenvalue weighted by Crippen LogP contribution is -2.61. The number of hydrogen-bond acceptors (Lipinski definition) is 10. The molecule has 0 aromatic heterocycles. The van der Waals surface area contributed by atoms with Crippen LogP contribution < -0.4 is 5.32 Å². The van der Waals surface area contributed by atoms with Crippen LogP contribution in [0.15, 0.2) is 72.9 Å². The third kappa shape index (κ3) is 31.7. The lowest BCUT2D eigenvalue weighted by atomic mass is 9.99. The highest BCUT2D eigenvalue weighted by Crippen LogP contribution is 2.26. The van der Waals surface area contributed by atoms with Gasteiger partial charge in [-0.05, 0) is 64.2 Å².